The number of likely N-dealkylation sites (N-methyl/N-ethyl adjacent to an activating group) is 1. The quantitative estimate of drug-likeness (QED) is 0.714. The molecule has 5 nitrogen and oxygen atoms in total. The first-order valence-corrected chi connectivity index (χ1v) is 8.48. The Hall–Kier alpha value is -0.620. The predicted octanol–water partition coefficient (Wildman–Crippen LogP) is 0.412. The molecule has 0 spiro atoms. The van der Waals surface area contributed by atoms with Crippen molar-refractivity contribution < 1.29 is 13.2 Å². The lowest BCUT2D eigenvalue weighted by Crippen LogP contribution is -2.51. The first-order chi connectivity index (χ1) is 8.50. The zero-order valence-corrected chi connectivity index (χ0v) is 12.1. The van der Waals surface area contributed by atoms with Crippen LogP contribution in [0.2, 0.25) is 0 Å². The summed E-state index contributed by atoms with van der Waals surface area (Å²) >= 11 is 0. The molecule has 1 N–H and O–H groups in total. The minimum atomic E-state index is -2.92. The molecule has 0 radical (unpaired) electrons. The molecule has 1 saturated heterocycles. The van der Waals surface area contributed by atoms with Crippen molar-refractivity contribution in [2.45, 2.75) is 38.6 Å². The summed E-state index contributed by atoms with van der Waals surface area (Å²) in [7, 11) is -1.13. The number of nitrogens with zero attached hydrogens (tertiary/aromatic N) is 1. The van der Waals surface area contributed by atoms with E-state index in [4.69, 9.17) is 0 Å². The smallest absolute Gasteiger partial charge is 0.239 e. The largest absolute Gasteiger partial charge is 0.339 e. The Kier molecular flexibility index (Phi) is 6.08. The molecule has 1 aliphatic heterocycles. The van der Waals surface area contributed by atoms with Crippen LogP contribution >= 0.6 is 0 Å². The van der Waals surface area contributed by atoms with Crippen molar-refractivity contribution in [2.24, 2.45) is 0 Å². The molecule has 0 aromatic heterocycles. The Morgan fingerprint density at radius 3 is 2.39 bits per heavy atom. The van der Waals surface area contributed by atoms with E-state index in [1.165, 1.54) is 0 Å². The number of nitrogens with one attached hydrogen (secondary N) is 1. The third kappa shape index (κ3) is 4.57. The number of unbranched alkanes of at least 4 members (excludes halogenated alkanes) is 2. The third-order valence-corrected chi connectivity index (χ3v) is 5.01. The molecule has 0 aliphatic carbocycles. The number of sulfone groups is 1. The van der Waals surface area contributed by atoms with Gasteiger partial charge in [0.1, 0.15) is 0 Å². The third-order valence-electron chi connectivity index (χ3n) is 3.40. The minimum Gasteiger partial charge on any atom is -0.339 e. The van der Waals surface area contributed by atoms with Gasteiger partial charge in [-0.05, 0) is 13.5 Å². The number of amides is 1. The fourth-order valence-electron chi connectivity index (χ4n) is 2.14. The SMILES string of the molecule is CCCCCC(NC)C(=O)N1CCS(=O)(=O)CC1. The zero-order valence-electron chi connectivity index (χ0n) is 11.3. The normalized spacial score (nSPS) is 20.7. The zero-order chi connectivity index (χ0) is 13.6. The lowest BCUT2D eigenvalue weighted by molar-refractivity contribution is -0.133. The van der Waals surface area contributed by atoms with E-state index in [0.29, 0.717) is 13.1 Å². The van der Waals surface area contributed by atoms with Gasteiger partial charge in [0, 0.05) is 13.1 Å². The van der Waals surface area contributed by atoms with Gasteiger partial charge >= 0.3 is 0 Å². The fraction of sp³-hybridized carbons (Fsp3) is 0.917. The highest BCUT2D eigenvalue weighted by Gasteiger charge is 2.28. The molecule has 106 valence electrons. The molecule has 1 fully saturated rings. The molecular weight excluding hydrogens is 252 g/mol. The average Bonchev–Trinajstić information content (AvgIpc) is 2.34. The van der Waals surface area contributed by atoms with Crippen LogP contribution in [0.4, 0.5) is 0 Å². The van der Waals surface area contributed by atoms with E-state index >= 15 is 0 Å². The summed E-state index contributed by atoms with van der Waals surface area (Å²) < 4.78 is 22.6. The van der Waals surface area contributed by atoms with Crippen LogP contribution in [0.25, 0.3) is 0 Å². The van der Waals surface area contributed by atoms with Crippen molar-refractivity contribution in [2.75, 3.05) is 31.6 Å². The lowest BCUT2D eigenvalue weighted by atomic mass is 10.1. The molecule has 6 heteroatoms. The molecule has 1 heterocycles. The van der Waals surface area contributed by atoms with E-state index in [1.54, 1.807) is 11.9 Å². The van der Waals surface area contributed by atoms with Crippen molar-refractivity contribution in [3.8, 4) is 0 Å². The molecule has 18 heavy (non-hydrogen) atoms. The summed E-state index contributed by atoms with van der Waals surface area (Å²) in [6.45, 7) is 2.81. The van der Waals surface area contributed by atoms with Crippen LogP contribution in [0, 0.1) is 0 Å². The highest BCUT2D eigenvalue weighted by molar-refractivity contribution is 7.91. The standard InChI is InChI=1S/C12H24N2O3S/c1-3-4-5-6-11(13-2)12(15)14-7-9-18(16,17)10-8-14/h11,13H,3-10H2,1-2H3. The number of hydrogen-bond donors (Lipinski definition) is 1. The monoisotopic (exact) mass is 276 g/mol. The van der Waals surface area contributed by atoms with Gasteiger partial charge in [-0.2, -0.15) is 0 Å². The van der Waals surface area contributed by atoms with E-state index in [-0.39, 0.29) is 23.5 Å². The lowest BCUT2D eigenvalue weighted by Gasteiger charge is -2.30. The molecule has 1 atom stereocenters. The van der Waals surface area contributed by atoms with Crippen molar-refractivity contribution in [1.82, 2.24) is 10.2 Å². The number of rotatable bonds is 6. The summed E-state index contributed by atoms with van der Waals surface area (Å²) in [5, 5.41) is 3.04. The number of hydrogen-bond acceptors (Lipinski definition) is 4. The van der Waals surface area contributed by atoms with Crippen LogP contribution < -0.4 is 5.32 Å². The summed E-state index contributed by atoms with van der Waals surface area (Å²) in [6, 6.07) is -0.169. The molecule has 1 amide bonds. The van der Waals surface area contributed by atoms with E-state index in [1.807, 2.05) is 0 Å². The Bertz CT molecular complexity index is 354. The molecule has 0 aromatic rings. The molecule has 1 unspecified atom stereocenters. The average molecular weight is 276 g/mol. The van der Waals surface area contributed by atoms with Crippen LogP contribution in [0.15, 0.2) is 0 Å². The van der Waals surface area contributed by atoms with Crippen molar-refractivity contribution in [3.63, 3.8) is 0 Å². The maximum absolute atomic E-state index is 12.2. The van der Waals surface area contributed by atoms with Gasteiger partial charge in [-0.25, -0.2) is 8.42 Å². The highest BCUT2D eigenvalue weighted by atomic mass is 32.2. The Morgan fingerprint density at radius 2 is 1.89 bits per heavy atom. The van der Waals surface area contributed by atoms with Gasteiger partial charge in [0.05, 0.1) is 17.5 Å². The van der Waals surface area contributed by atoms with Crippen molar-refractivity contribution in [3.05, 3.63) is 0 Å². The van der Waals surface area contributed by atoms with Crippen molar-refractivity contribution in [1.29, 1.82) is 0 Å². The summed E-state index contributed by atoms with van der Waals surface area (Å²) in [6.07, 6.45) is 4.11. The van der Waals surface area contributed by atoms with Crippen molar-refractivity contribution >= 4 is 15.7 Å². The summed E-state index contributed by atoms with van der Waals surface area (Å²) in [5.41, 5.74) is 0. The van der Waals surface area contributed by atoms with Gasteiger partial charge in [-0.15, -0.1) is 0 Å². The van der Waals surface area contributed by atoms with Crippen LogP contribution in [-0.2, 0) is 14.6 Å². The molecule has 1 rings (SSSR count). The second kappa shape index (κ2) is 7.09. The maximum Gasteiger partial charge on any atom is 0.239 e. The number of carbonyl (C=O) groups excluding carboxylic acids is 1. The van der Waals surface area contributed by atoms with Crippen LogP contribution in [0.5, 0.6) is 0 Å². The maximum atomic E-state index is 12.2. The molecule has 0 bridgehead atoms. The van der Waals surface area contributed by atoms with Crippen LogP contribution in [0.3, 0.4) is 0 Å². The highest BCUT2D eigenvalue weighted by Crippen LogP contribution is 2.10. The Labute approximate surface area is 110 Å². The fourth-order valence-corrected chi connectivity index (χ4v) is 3.34. The van der Waals surface area contributed by atoms with Crippen LogP contribution in [-0.4, -0.2) is 56.9 Å². The van der Waals surface area contributed by atoms with E-state index in [9.17, 15) is 13.2 Å². The van der Waals surface area contributed by atoms with Crippen LogP contribution in [0.1, 0.15) is 32.6 Å². The first-order valence-electron chi connectivity index (χ1n) is 6.66. The second-order valence-electron chi connectivity index (χ2n) is 4.81. The van der Waals surface area contributed by atoms with E-state index < -0.39 is 9.84 Å². The van der Waals surface area contributed by atoms with Gasteiger partial charge in [0.2, 0.25) is 5.91 Å². The van der Waals surface area contributed by atoms with Gasteiger partial charge in [-0.3, -0.25) is 4.79 Å². The Morgan fingerprint density at radius 1 is 1.28 bits per heavy atom. The minimum absolute atomic E-state index is 0.0449. The van der Waals surface area contributed by atoms with Gasteiger partial charge in [0.25, 0.3) is 0 Å². The summed E-state index contributed by atoms with van der Waals surface area (Å²) in [4.78, 5) is 13.9. The van der Waals surface area contributed by atoms with E-state index in [0.717, 1.165) is 25.7 Å². The second-order valence-corrected chi connectivity index (χ2v) is 7.12. The molecule has 0 aromatic carbocycles. The molecule has 0 saturated carbocycles. The van der Waals surface area contributed by atoms with Gasteiger partial charge < -0.3 is 10.2 Å². The summed E-state index contributed by atoms with van der Waals surface area (Å²) in [5.74, 6) is 0.248. The van der Waals surface area contributed by atoms with E-state index in [2.05, 4.69) is 12.2 Å². The predicted molar refractivity (Wildman–Crippen MR) is 72.2 cm³/mol. The topological polar surface area (TPSA) is 66.5 Å². The molecule has 1 aliphatic rings. The van der Waals surface area contributed by atoms with Gasteiger partial charge in [0.15, 0.2) is 9.84 Å². The van der Waals surface area contributed by atoms with Gasteiger partial charge in [-0.1, -0.05) is 26.2 Å². The molecular formula is C12H24N2O3S. The number of carbonyl (C=O) groups is 1. The first kappa shape index (κ1) is 15.4. The Balaban J connectivity index is 2.46.